The van der Waals surface area contributed by atoms with Crippen LogP contribution in [0.15, 0.2) is 60.9 Å². The number of rotatable bonds is 5. The molecule has 3 N–H and O–H groups in total. The number of aryl methyl sites for hydroxylation is 1. The number of carbonyl (C=O) groups excluding carboxylic acids is 1. The maximum Gasteiger partial charge on any atom is 0.248 e. The van der Waals surface area contributed by atoms with Crippen molar-refractivity contribution >= 4 is 27.7 Å². The second-order valence-corrected chi connectivity index (χ2v) is 10.1. The standard InChI is InChI=1S/C28H27FN6O2/c1-17-11-18(8-10-31-17)26-23-13-19(27(30)36)4-6-25(23)35(33-26)22-3-2-9-28(37,14-22)16-34-24-7-5-21(29)12-20(24)15-32-34/h4-8,10-13,15,22,37H,2-3,9,14,16H2,1H3,(H2,30,36). The van der Waals surface area contributed by atoms with Gasteiger partial charge in [-0.05, 0) is 74.7 Å². The molecule has 188 valence electrons. The third kappa shape index (κ3) is 4.25. The van der Waals surface area contributed by atoms with Crippen molar-refractivity contribution < 1.29 is 14.3 Å². The number of primary amides is 1. The normalized spacial score (nSPS) is 20.0. The molecule has 0 spiro atoms. The van der Waals surface area contributed by atoms with Crippen LogP contribution in [0.4, 0.5) is 4.39 Å². The van der Waals surface area contributed by atoms with Gasteiger partial charge in [0, 0.05) is 40.2 Å². The van der Waals surface area contributed by atoms with E-state index in [9.17, 15) is 14.3 Å². The van der Waals surface area contributed by atoms with E-state index < -0.39 is 11.5 Å². The maximum atomic E-state index is 13.6. The molecule has 9 heteroatoms. The van der Waals surface area contributed by atoms with Crippen LogP contribution in [0.1, 0.15) is 47.8 Å². The first-order valence-electron chi connectivity index (χ1n) is 12.4. The van der Waals surface area contributed by atoms with Gasteiger partial charge in [0.2, 0.25) is 5.91 Å². The minimum atomic E-state index is -1.00. The van der Waals surface area contributed by atoms with Crippen molar-refractivity contribution in [3.63, 3.8) is 0 Å². The zero-order valence-electron chi connectivity index (χ0n) is 20.4. The fraction of sp³-hybridized carbons (Fsp3) is 0.286. The molecule has 1 aliphatic carbocycles. The molecule has 5 aromatic rings. The zero-order valence-corrected chi connectivity index (χ0v) is 20.4. The Labute approximate surface area is 212 Å². The first-order chi connectivity index (χ1) is 17.8. The lowest BCUT2D eigenvalue weighted by molar-refractivity contribution is -0.0301. The van der Waals surface area contributed by atoms with Crippen molar-refractivity contribution in [3.05, 3.63) is 78.0 Å². The molecule has 0 aliphatic heterocycles. The summed E-state index contributed by atoms with van der Waals surface area (Å²) in [6, 6.07) is 13.7. The van der Waals surface area contributed by atoms with E-state index in [1.807, 2.05) is 29.8 Å². The molecule has 2 unspecified atom stereocenters. The van der Waals surface area contributed by atoms with E-state index >= 15 is 0 Å². The van der Waals surface area contributed by atoms with Gasteiger partial charge < -0.3 is 10.8 Å². The molecule has 1 amide bonds. The highest BCUT2D eigenvalue weighted by Gasteiger charge is 2.37. The lowest BCUT2D eigenvalue weighted by Crippen LogP contribution is -2.40. The number of aromatic nitrogens is 5. The number of carbonyl (C=O) groups is 1. The molecule has 6 rings (SSSR count). The summed E-state index contributed by atoms with van der Waals surface area (Å²) in [5.74, 6) is -0.807. The highest BCUT2D eigenvalue weighted by atomic mass is 19.1. The highest BCUT2D eigenvalue weighted by Crippen LogP contribution is 2.40. The molecule has 8 nitrogen and oxygen atoms in total. The van der Waals surface area contributed by atoms with E-state index in [2.05, 4.69) is 10.1 Å². The van der Waals surface area contributed by atoms with Crippen LogP contribution in [0, 0.1) is 12.7 Å². The van der Waals surface area contributed by atoms with Gasteiger partial charge in [0.1, 0.15) is 11.5 Å². The Morgan fingerprint density at radius 2 is 2.03 bits per heavy atom. The number of nitrogens with zero attached hydrogens (tertiary/aromatic N) is 5. The predicted octanol–water partition coefficient (Wildman–Crippen LogP) is 4.54. The molecular weight excluding hydrogens is 471 g/mol. The summed E-state index contributed by atoms with van der Waals surface area (Å²) in [5.41, 5.74) is 9.17. The number of nitrogens with two attached hydrogens (primary N) is 1. The molecular formula is C28H27FN6O2. The lowest BCUT2D eigenvalue weighted by atomic mass is 9.81. The van der Waals surface area contributed by atoms with Crippen LogP contribution in [0.25, 0.3) is 33.1 Å². The Morgan fingerprint density at radius 3 is 2.84 bits per heavy atom. The van der Waals surface area contributed by atoms with Gasteiger partial charge in [-0.3, -0.25) is 19.1 Å². The quantitative estimate of drug-likeness (QED) is 0.370. The minimum absolute atomic E-state index is 0.0587. The van der Waals surface area contributed by atoms with Crippen molar-refractivity contribution in [2.24, 2.45) is 5.73 Å². The second kappa shape index (κ2) is 8.77. The number of pyridine rings is 1. The van der Waals surface area contributed by atoms with Gasteiger partial charge in [-0.1, -0.05) is 0 Å². The monoisotopic (exact) mass is 498 g/mol. The molecule has 2 atom stereocenters. The Kier molecular flexibility index (Phi) is 5.52. The van der Waals surface area contributed by atoms with Gasteiger partial charge in [0.15, 0.2) is 0 Å². The number of benzene rings is 2. The lowest BCUT2D eigenvalue weighted by Gasteiger charge is -2.37. The molecule has 0 radical (unpaired) electrons. The summed E-state index contributed by atoms with van der Waals surface area (Å²) < 4.78 is 17.4. The Bertz CT molecular complexity index is 1660. The summed E-state index contributed by atoms with van der Waals surface area (Å²) in [5, 5.41) is 22.7. The molecule has 0 saturated heterocycles. The Hall–Kier alpha value is -4.11. The molecule has 3 heterocycles. The van der Waals surface area contributed by atoms with Crippen molar-refractivity contribution in [1.82, 2.24) is 24.5 Å². The maximum absolute atomic E-state index is 13.6. The van der Waals surface area contributed by atoms with Crippen LogP contribution >= 0.6 is 0 Å². The van der Waals surface area contributed by atoms with E-state index in [0.29, 0.717) is 30.3 Å². The van der Waals surface area contributed by atoms with Crippen LogP contribution in [-0.2, 0) is 6.54 Å². The first kappa shape index (κ1) is 23.3. The molecule has 1 fully saturated rings. The van der Waals surface area contributed by atoms with Crippen LogP contribution < -0.4 is 5.73 Å². The zero-order chi connectivity index (χ0) is 25.7. The molecule has 1 aliphatic rings. The summed E-state index contributed by atoms with van der Waals surface area (Å²) in [4.78, 5) is 16.2. The van der Waals surface area contributed by atoms with Crippen molar-refractivity contribution in [3.8, 4) is 11.3 Å². The summed E-state index contributed by atoms with van der Waals surface area (Å²) in [6.45, 7) is 2.23. The van der Waals surface area contributed by atoms with E-state index in [4.69, 9.17) is 10.8 Å². The van der Waals surface area contributed by atoms with Gasteiger partial charge in [-0.25, -0.2) is 4.39 Å². The fourth-order valence-corrected chi connectivity index (χ4v) is 5.60. The third-order valence-electron chi connectivity index (χ3n) is 7.35. The van der Waals surface area contributed by atoms with Gasteiger partial charge in [-0.2, -0.15) is 10.2 Å². The van der Waals surface area contributed by atoms with Crippen molar-refractivity contribution in [2.75, 3.05) is 0 Å². The fourth-order valence-electron chi connectivity index (χ4n) is 5.60. The SMILES string of the molecule is Cc1cc(-c2nn(C3CCCC(O)(Cn4ncc5cc(F)ccc54)C3)c3ccc(C(N)=O)cc23)ccn1. The summed E-state index contributed by atoms with van der Waals surface area (Å²) in [6.07, 6.45) is 6.16. The minimum Gasteiger partial charge on any atom is -0.388 e. The largest absolute Gasteiger partial charge is 0.388 e. The smallest absolute Gasteiger partial charge is 0.248 e. The number of halogens is 1. The van der Waals surface area contributed by atoms with Gasteiger partial charge in [-0.15, -0.1) is 0 Å². The highest BCUT2D eigenvalue weighted by molar-refractivity contribution is 6.01. The first-order valence-corrected chi connectivity index (χ1v) is 12.4. The average molecular weight is 499 g/mol. The van der Waals surface area contributed by atoms with Crippen LogP contribution in [0.3, 0.4) is 0 Å². The molecule has 37 heavy (non-hydrogen) atoms. The number of amides is 1. The summed E-state index contributed by atoms with van der Waals surface area (Å²) in [7, 11) is 0. The number of hydrogen-bond acceptors (Lipinski definition) is 5. The van der Waals surface area contributed by atoms with E-state index in [0.717, 1.165) is 46.2 Å². The van der Waals surface area contributed by atoms with Crippen LogP contribution in [0.5, 0.6) is 0 Å². The van der Waals surface area contributed by atoms with Crippen molar-refractivity contribution in [1.29, 1.82) is 0 Å². The predicted molar refractivity (Wildman–Crippen MR) is 138 cm³/mol. The van der Waals surface area contributed by atoms with E-state index in [-0.39, 0.29) is 11.9 Å². The van der Waals surface area contributed by atoms with E-state index in [1.54, 1.807) is 35.3 Å². The molecule has 3 aromatic heterocycles. The van der Waals surface area contributed by atoms with Gasteiger partial charge in [0.05, 0.1) is 35.4 Å². The second-order valence-electron chi connectivity index (χ2n) is 10.1. The number of aliphatic hydroxyl groups is 1. The Morgan fingerprint density at radius 1 is 1.19 bits per heavy atom. The molecule has 2 aromatic carbocycles. The van der Waals surface area contributed by atoms with Gasteiger partial charge in [0.25, 0.3) is 0 Å². The Balaban J connectivity index is 1.38. The van der Waals surface area contributed by atoms with E-state index in [1.165, 1.54) is 12.1 Å². The van der Waals surface area contributed by atoms with Crippen LogP contribution in [-0.4, -0.2) is 41.2 Å². The number of hydrogen-bond donors (Lipinski definition) is 2. The van der Waals surface area contributed by atoms with Crippen LogP contribution in [0.2, 0.25) is 0 Å². The average Bonchev–Trinajstić information content (AvgIpc) is 3.44. The molecule has 1 saturated carbocycles. The number of fused-ring (bicyclic) bond motifs is 2. The third-order valence-corrected chi connectivity index (χ3v) is 7.35. The van der Waals surface area contributed by atoms with Crippen molar-refractivity contribution in [2.45, 2.75) is 50.8 Å². The molecule has 0 bridgehead atoms. The topological polar surface area (TPSA) is 112 Å². The summed E-state index contributed by atoms with van der Waals surface area (Å²) >= 11 is 0. The van der Waals surface area contributed by atoms with Gasteiger partial charge >= 0.3 is 0 Å².